The zero-order valence-electron chi connectivity index (χ0n) is 12.0. The summed E-state index contributed by atoms with van der Waals surface area (Å²) in [5, 5.41) is 4.20. The fourth-order valence-electron chi connectivity index (χ4n) is 2.91. The van der Waals surface area contributed by atoms with Crippen molar-refractivity contribution in [3.8, 4) is 0 Å². The predicted octanol–water partition coefficient (Wildman–Crippen LogP) is 1.52. The number of hydrogen-bond acceptors (Lipinski definition) is 3. The minimum atomic E-state index is 0.0462. The molecule has 1 aromatic heterocycles. The fourth-order valence-corrected chi connectivity index (χ4v) is 2.91. The van der Waals surface area contributed by atoms with E-state index >= 15 is 0 Å². The molecule has 0 aliphatic carbocycles. The van der Waals surface area contributed by atoms with Crippen molar-refractivity contribution in [1.82, 2.24) is 14.7 Å². The summed E-state index contributed by atoms with van der Waals surface area (Å²) >= 11 is 0. The molecule has 1 aliphatic rings. The van der Waals surface area contributed by atoms with Crippen molar-refractivity contribution >= 4 is 0 Å². The topological polar surface area (TPSA) is 47.1 Å². The van der Waals surface area contributed by atoms with Gasteiger partial charge in [0.2, 0.25) is 0 Å². The molecule has 4 nitrogen and oxygen atoms in total. The normalized spacial score (nSPS) is 17.5. The van der Waals surface area contributed by atoms with Crippen LogP contribution in [-0.4, -0.2) is 34.3 Å². The van der Waals surface area contributed by atoms with Gasteiger partial charge in [-0.3, -0.25) is 4.68 Å². The number of aromatic nitrogens is 2. The summed E-state index contributed by atoms with van der Waals surface area (Å²) in [6.45, 7) is 3.08. The Kier molecular flexibility index (Phi) is 3.85. The monoisotopic (exact) mass is 270 g/mol. The van der Waals surface area contributed by atoms with E-state index < -0.39 is 0 Å². The minimum absolute atomic E-state index is 0.0462. The molecule has 2 N–H and O–H groups in total. The van der Waals surface area contributed by atoms with Gasteiger partial charge in [-0.05, 0) is 24.0 Å². The quantitative estimate of drug-likeness (QED) is 0.920. The first-order valence-electron chi connectivity index (χ1n) is 7.25. The van der Waals surface area contributed by atoms with E-state index in [0.717, 1.165) is 38.0 Å². The first kappa shape index (κ1) is 13.3. The van der Waals surface area contributed by atoms with Crippen molar-refractivity contribution in [2.75, 3.05) is 19.6 Å². The summed E-state index contributed by atoms with van der Waals surface area (Å²) in [6.07, 6.45) is 6.13. The molecule has 20 heavy (non-hydrogen) atoms. The number of rotatable bonds is 3. The minimum Gasteiger partial charge on any atom is -0.323 e. The average molecular weight is 270 g/mol. The molecule has 0 saturated carbocycles. The summed E-state index contributed by atoms with van der Waals surface area (Å²) in [4.78, 5) is 2.47. The van der Waals surface area contributed by atoms with Crippen LogP contribution in [0.4, 0.5) is 0 Å². The Morgan fingerprint density at radius 2 is 1.85 bits per heavy atom. The molecule has 1 atom stereocenters. The first-order valence-corrected chi connectivity index (χ1v) is 7.25. The molecular formula is C16H22N4. The van der Waals surface area contributed by atoms with Crippen LogP contribution in [0.25, 0.3) is 0 Å². The summed E-state index contributed by atoms with van der Waals surface area (Å²) in [6, 6.07) is 8.82. The first-order chi connectivity index (χ1) is 9.72. The van der Waals surface area contributed by atoms with Crippen LogP contribution >= 0.6 is 0 Å². The molecule has 3 rings (SSSR count). The molecule has 1 aliphatic heterocycles. The van der Waals surface area contributed by atoms with Crippen molar-refractivity contribution in [2.24, 2.45) is 12.8 Å². The van der Waals surface area contributed by atoms with Crippen LogP contribution in [0.1, 0.15) is 22.7 Å². The fraction of sp³-hybridized carbons (Fsp3) is 0.438. The maximum absolute atomic E-state index is 6.30. The summed E-state index contributed by atoms with van der Waals surface area (Å²) in [5.41, 5.74) is 10.4. The molecule has 0 saturated heterocycles. The Hall–Kier alpha value is -1.65. The Bertz CT molecular complexity index is 548. The highest BCUT2D eigenvalue weighted by atomic mass is 15.2. The Balaban J connectivity index is 1.63. The number of fused-ring (bicyclic) bond motifs is 1. The number of nitrogens with two attached hydrogens (primary N) is 1. The van der Waals surface area contributed by atoms with Gasteiger partial charge in [-0.25, -0.2) is 0 Å². The second-order valence-electron chi connectivity index (χ2n) is 5.62. The lowest BCUT2D eigenvalue weighted by atomic mass is 10.0. The standard InChI is InChI=1S/C16H22N4/c1-19-11-15(10-18-19)16(17)12-20-8-6-13-4-2-3-5-14(13)7-9-20/h2-5,10-11,16H,6-9,12,17H2,1H3. The highest BCUT2D eigenvalue weighted by Gasteiger charge is 2.17. The molecule has 0 spiro atoms. The number of hydrogen-bond donors (Lipinski definition) is 1. The summed E-state index contributed by atoms with van der Waals surface area (Å²) in [5.74, 6) is 0. The van der Waals surface area contributed by atoms with E-state index in [1.165, 1.54) is 11.1 Å². The molecular weight excluding hydrogens is 248 g/mol. The van der Waals surface area contributed by atoms with Crippen molar-refractivity contribution in [3.05, 3.63) is 53.3 Å². The van der Waals surface area contributed by atoms with E-state index in [1.807, 2.05) is 24.1 Å². The van der Waals surface area contributed by atoms with Gasteiger partial charge in [0.05, 0.1) is 6.20 Å². The van der Waals surface area contributed by atoms with Crippen molar-refractivity contribution in [2.45, 2.75) is 18.9 Å². The predicted molar refractivity (Wildman–Crippen MR) is 80.4 cm³/mol. The molecule has 0 radical (unpaired) electrons. The van der Waals surface area contributed by atoms with Gasteiger partial charge in [0.1, 0.15) is 0 Å². The largest absolute Gasteiger partial charge is 0.323 e. The van der Waals surface area contributed by atoms with Crippen molar-refractivity contribution < 1.29 is 0 Å². The van der Waals surface area contributed by atoms with Crippen LogP contribution in [0, 0.1) is 0 Å². The second-order valence-corrected chi connectivity index (χ2v) is 5.62. The van der Waals surface area contributed by atoms with Crippen LogP contribution in [0.5, 0.6) is 0 Å². The summed E-state index contributed by atoms with van der Waals surface area (Å²) in [7, 11) is 1.93. The molecule has 2 aromatic rings. The van der Waals surface area contributed by atoms with Crippen LogP contribution in [-0.2, 0) is 19.9 Å². The number of benzene rings is 1. The maximum Gasteiger partial charge on any atom is 0.0537 e. The average Bonchev–Trinajstić information content (AvgIpc) is 2.79. The molecule has 1 aromatic carbocycles. The zero-order chi connectivity index (χ0) is 13.9. The maximum atomic E-state index is 6.30. The van der Waals surface area contributed by atoms with E-state index in [0.29, 0.717) is 0 Å². The smallest absolute Gasteiger partial charge is 0.0537 e. The lowest BCUT2D eigenvalue weighted by Crippen LogP contribution is -2.34. The molecule has 1 unspecified atom stereocenters. The van der Waals surface area contributed by atoms with Crippen molar-refractivity contribution in [3.63, 3.8) is 0 Å². The lowest BCUT2D eigenvalue weighted by Gasteiger charge is -2.23. The molecule has 4 heteroatoms. The van der Waals surface area contributed by atoms with Gasteiger partial charge in [-0.2, -0.15) is 5.10 Å². The third-order valence-corrected chi connectivity index (χ3v) is 4.12. The third-order valence-electron chi connectivity index (χ3n) is 4.12. The molecule has 0 amide bonds. The van der Waals surface area contributed by atoms with E-state index in [2.05, 4.69) is 34.3 Å². The van der Waals surface area contributed by atoms with E-state index in [1.54, 1.807) is 0 Å². The number of aryl methyl sites for hydroxylation is 1. The van der Waals surface area contributed by atoms with Gasteiger partial charge in [-0.1, -0.05) is 24.3 Å². The highest BCUT2D eigenvalue weighted by molar-refractivity contribution is 5.28. The molecule has 0 fully saturated rings. The van der Waals surface area contributed by atoms with E-state index in [9.17, 15) is 0 Å². The highest BCUT2D eigenvalue weighted by Crippen LogP contribution is 2.17. The SMILES string of the molecule is Cn1cc(C(N)CN2CCc3ccccc3CC2)cn1. The van der Waals surface area contributed by atoms with E-state index in [-0.39, 0.29) is 6.04 Å². The Labute approximate surface area is 120 Å². The van der Waals surface area contributed by atoms with Gasteiger partial charge in [0.25, 0.3) is 0 Å². The van der Waals surface area contributed by atoms with E-state index in [4.69, 9.17) is 5.73 Å². The number of nitrogens with zero attached hydrogens (tertiary/aromatic N) is 3. The van der Waals surface area contributed by atoms with Crippen LogP contribution in [0.15, 0.2) is 36.7 Å². The second kappa shape index (κ2) is 5.77. The van der Waals surface area contributed by atoms with Crippen LogP contribution < -0.4 is 5.73 Å². The van der Waals surface area contributed by atoms with Gasteiger partial charge >= 0.3 is 0 Å². The molecule has 0 bridgehead atoms. The van der Waals surface area contributed by atoms with Gasteiger partial charge in [0, 0.05) is 44.5 Å². The Morgan fingerprint density at radius 1 is 1.20 bits per heavy atom. The zero-order valence-corrected chi connectivity index (χ0v) is 12.0. The summed E-state index contributed by atoms with van der Waals surface area (Å²) < 4.78 is 1.81. The lowest BCUT2D eigenvalue weighted by molar-refractivity contribution is 0.270. The third kappa shape index (κ3) is 2.92. The molecule has 106 valence electrons. The Morgan fingerprint density at radius 3 is 2.40 bits per heavy atom. The van der Waals surface area contributed by atoms with Gasteiger partial charge in [0.15, 0.2) is 0 Å². The van der Waals surface area contributed by atoms with Crippen molar-refractivity contribution in [1.29, 1.82) is 0 Å². The van der Waals surface area contributed by atoms with Crippen LogP contribution in [0.2, 0.25) is 0 Å². The van der Waals surface area contributed by atoms with Crippen LogP contribution in [0.3, 0.4) is 0 Å². The van der Waals surface area contributed by atoms with Gasteiger partial charge in [-0.15, -0.1) is 0 Å². The van der Waals surface area contributed by atoms with Gasteiger partial charge < -0.3 is 10.6 Å². The molecule has 2 heterocycles.